The second-order valence-corrected chi connectivity index (χ2v) is 8.66. The minimum absolute atomic E-state index is 0.131. The van der Waals surface area contributed by atoms with Gasteiger partial charge in [-0.2, -0.15) is 15.1 Å². The molecule has 0 spiro atoms. The van der Waals surface area contributed by atoms with Gasteiger partial charge >= 0.3 is 0 Å². The Balaban J connectivity index is 1.47. The van der Waals surface area contributed by atoms with Crippen molar-refractivity contribution in [2.75, 3.05) is 24.6 Å². The Kier molecular flexibility index (Phi) is 4.41. The van der Waals surface area contributed by atoms with Crippen molar-refractivity contribution >= 4 is 22.9 Å². The molecule has 6 bridgehead atoms. The largest absolute Gasteiger partial charge is 0.493 e. The van der Waals surface area contributed by atoms with Crippen molar-refractivity contribution in [1.29, 1.82) is 0 Å². The fourth-order valence-corrected chi connectivity index (χ4v) is 4.99. The zero-order chi connectivity index (χ0) is 21.8. The number of benzene rings is 1. The van der Waals surface area contributed by atoms with E-state index in [9.17, 15) is 14.3 Å². The van der Waals surface area contributed by atoms with Crippen LogP contribution >= 0.6 is 0 Å². The number of piperazine rings is 1. The van der Waals surface area contributed by atoms with E-state index < -0.39 is 5.82 Å². The molecule has 0 unspecified atom stereocenters. The van der Waals surface area contributed by atoms with Crippen molar-refractivity contribution in [3.05, 3.63) is 30.2 Å². The van der Waals surface area contributed by atoms with Crippen molar-refractivity contribution in [2.24, 2.45) is 0 Å². The third-order valence-electron chi connectivity index (χ3n) is 6.62. The lowest BCUT2D eigenvalue weighted by Crippen LogP contribution is -2.70. The van der Waals surface area contributed by atoms with Gasteiger partial charge in [-0.05, 0) is 37.8 Å². The van der Waals surface area contributed by atoms with Crippen molar-refractivity contribution in [3.8, 4) is 17.3 Å². The van der Waals surface area contributed by atoms with Gasteiger partial charge in [0.15, 0.2) is 5.65 Å². The van der Waals surface area contributed by atoms with E-state index in [4.69, 9.17) is 9.72 Å². The highest BCUT2D eigenvalue weighted by molar-refractivity contribution is 5.83. The molecule has 10 heteroatoms. The van der Waals surface area contributed by atoms with Crippen LogP contribution in [0, 0.1) is 5.82 Å². The molecule has 0 saturated carbocycles. The fourth-order valence-electron chi connectivity index (χ4n) is 4.99. The van der Waals surface area contributed by atoms with Gasteiger partial charge in [-0.15, -0.1) is 0 Å². The molecular formula is C22H23FN6O3. The van der Waals surface area contributed by atoms with Gasteiger partial charge in [0.1, 0.15) is 22.6 Å². The van der Waals surface area contributed by atoms with Gasteiger partial charge in [0.05, 0.1) is 24.9 Å². The van der Waals surface area contributed by atoms with Crippen LogP contribution in [0.2, 0.25) is 0 Å². The molecule has 3 fully saturated rings. The van der Waals surface area contributed by atoms with Gasteiger partial charge in [-0.1, -0.05) is 0 Å². The van der Waals surface area contributed by atoms with Crippen LogP contribution < -0.4 is 9.64 Å². The van der Waals surface area contributed by atoms with E-state index in [-0.39, 0.29) is 23.9 Å². The van der Waals surface area contributed by atoms with Crippen molar-refractivity contribution in [1.82, 2.24) is 24.6 Å². The summed E-state index contributed by atoms with van der Waals surface area (Å²) in [5.41, 5.74) is 0.964. The highest BCUT2D eigenvalue weighted by atomic mass is 19.1. The number of aromatic nitrogens is 4. The van der Waals surface area contributed by atoms with Crippen LogP contribution in [0.5, 0.6) is 11.6 Å². The topological polar surface area (TPSA) is 96.6 Å². The zero-order valence-electron chi connectivity index (χ0n) is 17.4. The number of anilines is 1. The summed E-state index contributed by atoms with van der Waals surface area (Å²) in [6.07, 6.45) is 5.40. The van der Waals surface area contributed by atoms with E-state index in [1.165, 1.54) is 18.3 Å². The second kappa shape index (κ2) is 7.32. The Labute approximate surface area is 183 Å². The number of carbonyl (C=O) groups is 1. The Morgan fingerprint density at radius 1 is 1.12 bits per heavy atom. The number of rotatable bonds is 0. The average Bonchev–Trinajstić information content (AvgIpc) is 3.20. The monoisotopic (exact) mass is 438 g/mol. The maximum absolute atomic E-state index is 14.0. The molecule has 166 valence electrons. The average molecular weight is 438 g/mol. The number of nitrogens with zero attached hydrogens (tertiary/aromatic N) is 6. The lowest BCUT2D eigenvalue weighted by Gasteiger charge is -2.56. The molecule has 2 aromatic heterocycles. The number of amides is 1. The molecule has 3 saturated heterocycles. The molecule has 1 amide bonds. The van der Waals surface area contributed by atoms with E-state index >= 15 is 0 Å². The zero-order valence-corrected chi connectivity index (χ0v) is 17.4. The summed E-state index contributed by atoms with van der Waals surface area (Å²) in [5.74, 6) is 0.377. The number of fused-ring (bicyclic) bond motifs is 6. The Hall–Kier alpha value is -3.43. The molecule has 1 aromatic carbocycles. The van der Waals surface area contributed by atoms with E-state index in [0.717, 1.165) is 25.7 Å². The summed E-state index contributed by atoms with van der Waals surface area (Å²) >= 11 is 0. The standard InChI is InChI=1S/C22H23FN6O3/c23-13-5-6-17-18(8-13)32-7-3-1-2-4-19(30)27-11-14-9-15(12-27)28(14)22-25-20-16(21(31)26-22)10-24-29(17)20/h5-6,8,10,14-15H,1-4,7,9,11-12H2,(H,25,26,31)/t14-,15+. The number of hydrogen-bond acceptors (Lipinski definition) is 7. The first-order valence-electron chi connectivity index (χ1n) is 11.0. The van der Waals surface area contributed by atoms with E-state index in [2.05, 4.69) is 15.0 Å². The first kappa shape index (κ1) is 19.3. The van der Waals surface area contributed by atoms with Gasteiger partial charge in [0.2, 0.25) is 17.7 Å². The lowest BCUT2D eigenvalue weighted by molar-refractivity contribution is -0.134. The van der Waals surface area contributed by atoms with Crippen LogP contribution in [0.15, 0.2) is 24.4 Å². The van der Waals surface area contributed by atoms with Crippen molar-refractivity contribution in [3.63, 3.8) is 0 Å². The number of carbonyl (C=O) groups excluding carboxylic acids is 1. The summed E-state index contributed by atoms with van der Waals surface area (Å²) in [7, 11) is 0. The quantitative estimate of drug-likeness (QED) is 0.576. The maximum Gasteiger partial charge on any atom is 0.231 e. The lowest BCUT2D eigenvalue weighted by atomic mass is 9.87. The van der Waals surface area contributed by atoms with Crippen LogP contribution in [0.3, 0.4) is 0 Å². The van der Waals surface area contributed by atoms with E-state index in [1.54, 1.807) is 10.7 Å². The molecule has 8 rings (SSSR count). The van der Waals surface area contributed by atoms with Crippen LogP contribution in [-0.4, -0.2) is 67.4 Å². The second-order valence-electron chi connectivity index (χ2n) is 8.66. The molecule has 3 aromatic rings. The molecule has 7 heterocycles. The summed E-state index contributed by atoms with van der Waals surface area (Å²) in [5, 5.41) is 15.4. The number of hydrogen-bond donors (Lipinski definition) is 1. The number of aromatic hydroxyl groups is 1. The first-order valence-corrected chi connectivity index (χ1v) is 11.0. The van der Waals surface area contributed by atoms with E-state index in [1.807, 2.05) is 4.90 Å². The predicted octanol–water partition coefficient (Wildman–Crippen LogP) is 2.40. The number of piperidine rings is 1. The maximum atomic E-state index is 14.0. The summed E-state index contributed by atoms with van der Waals surface area (Å²) in [4.78, 5) is 25.7. The predicted molar refractivity (Wildman–Crippen MR) is 113 cm³/mol. The Morgan fingerprint density at radius 2 is 1.97 bits per heavy atom. The molecule has 5 aliphatic rings. The van der Waals surface area contributed by atoms with Crippen molar-refractivity contribution in [2.45, 2.75) is 44.2 Å². The van der Waals surface area contributed by atoms with Crippen molar-refractivity contribution < 1.29 is 19.0 Å². The first-order chi connectivity index (χ1) is 15.6. The van der Waals surface area contributed by atoms with Gasteiger partial charge in [0.25, 0.3) is 0 Å². The minimum Gasteiger partial charge on any atom is -0.493 e. The molecule has 0 radical (unpaired) electrons. The third-order valence-corrected chi connectivity index (χ3v) is 6.62. The molecule has 2 atom stereocenters. The SMILES string of the molecule is O=C1CCCCCOc2cc(F)ccc2-n2ncc3c(O)nc(nc32)N2[C@@H]3C[C@H]2CN1C3. The van der Waals surface area contributed by atoms with Gasteiger partial charge in [-0.25, -0.2) is 9.07 Å². The highest BCUT2D eigenvalue weighted by Crippen LogP contribution is 2.38. The Bertz CT molecular complexity index is 1200. The molecule has 1 N–H and O–H groups in total. The van der Waals surface area contributed by atoms with E-state index in [0.29, 0.717) is 54.5 Å². The van der Waals surface area contributed by atoms with Crippen LogP contribution in [-0.2, 0) is 4.79 Å². The molecule has 0 aliphatic carbocycles. The van der Waals surface area contributed by atoms with Gasteiger partial charge < -0.3 is 19.6 Å². The van der Waals surface area contributed by atoms with Gasteiger partial charge in [-0.3, -0.25) is 4.79 Å². The summed E-state index contributed by atoms with van der Waals surface area (Å²) < 4.78 is 21.4. The normalized spacial score (nSPS) is 23.1. The molecule has 5 aliphatic heterocycles. The minimum atomic E-state index is -0.410. The Morgan fingerprint density at radius 3 is 2.81 bits per heavy atom. The molecular weight excluding hydrogens is 415 g/mol. The summed E-state index contributed by atoms with van der Waals surface area (Å²) in [6, 6.07) is 4.53. The van der Waals surface area contributed by atoms with Crippen LogP contribution in [0.4, 0.5) is 10.3 Å². The van der Waals surface area contributed by atoms with Crippen LogP contribution in [0.25, 0.3) is 16.7 Å². The fraction of sp³-hybridized carbons (Fsp3) is 0.455. The molecule has 9 nitrogen and oxygen atoms in total. The summed E-state index contributed by atoms with van der Waals surface area (Å²) in [6.45, 7) is 1.68. The van der Waals surface area contributed by atoms with Gasteiger partial charge in [0, 0.05) is 25.6 Å². The smallest absolute Gasteiger partial charge is 0.231 e. The van der Waals surface area contributed by atoms with Crippen LogP contribution in [0.1, 0.15) is 32.1 Å². The third kappa shape index (κ3) is 3.04. The number of ether oxygens (including phenoxy) is 1. The highest BCUT2D eigenvalue weighted by Gasteiger charge is 2.47. The number of halogens is 1. The molecule has 32 heavy (non-hydrogen) atoms.